The Kier molecular flexibility index (Phi) is 4.15. The van der Waals surface area contributed by atoms with Crippen LogP contribution < -0.4 is 5.73 Å². The molecule has 6 heteroatoms. The maximum atomic E-state index is 12.6. The van der Waals surface area contributed by atoms with Crippen LogP contribution in [0.4, 0.5) is 5.69 Å². The maximum absolute atomic E-state index is 12.6. The van der Waals surface area contributed by atoms with Gasteiger partial charge in [0.2, 0.25) is 10.0 Å². The van der Waals surface area contributed by atoms with E-state index in [1.807, 2.05) is 6.92 Å². The first kappa shape index (κ1) is 14.6. The van der Waals surface area contributed by atoms with Crippen LogP contribution in [0.25, 0.3) is 0 Å². The van der Waals surface area contributed by atoms with Crippen LogP contribution in [0.15, 0.2) is 46.1 Å². The van der Waals surface area contributed by atoms with E-state index in [1.165, 1.54) is 22.9 Å². The van der Waals surface area contributed by atoms with Gasteiger partial charge in [0.1, 0.15) is 0 Å². The number of hydrogen-bond acceptors (Lipinski definition) is 4. The van der Waals surface area contributed by atoms with Crippen molar-refractivity contribution in [1.29, 1.82) is 0 Å². The minimum Gasteiger partial charge on any atom is -0.472 e. The molecule has 5 nitrogen and oxygen atoms in total. The standard InChI is InChI=1S/C14H18N2O3S/c1-3-12-4-5-13(15)8-14(12)20(17,18)16(2)9-11-6-7-19-10-11/h4-8,10H,3,9,15H2,1-2H3. The van der Waals surface area contributed by atoms with Crippen LogP contribution in [0.1, 0.15) is 18.1 Å². The molecule has 0 atom stereocenters. The van der Waals surface area contributed by atoms with Crippen molar-refractivity contribution in [3.05, 3.63) is 47.9 Å². The van der Waals surface area contributed by atoms with E-state index >= 15 is 0 Å². The number of nitrogens with two attached hydrogens (primary N) is 1. The smallest absolute Gasteiger partial charge is 0.243 e. The van der Waals surface area contributed by atoms with Crippen LogP contribution in [-0.4, -0.2) is 19.8 Å². The molecule has 0 bridgehead atoms. The highest BCUT2D eigenvalue weighted by atomic mass is 32.2. The molecule has 0 fully saturated rings. The normalized spacial score (nSPS) is 11.9. The number of nitrogens with zero attached hydrogens (tertiary/aromatic N) is 1. The quantitative estimate of drug-likeness (QED) is 0.858. The summed E-state index contributed by atoms with van der Waals surface area (Å²) in [6, 6.07) is 6.73. The molecule has 2 rings (SSSR count). The molecule has 0 spiro atoms. The number of benzene rings is 1. The second-order valence-corrected chi connectivity index (χ2v) is 6.63. The zero-order valence-corrected chi connectivity index (χ0v) is 12.4. The van der Waals surface area contributed by atoms with E-state index in [0.29, 0.717) is 12.1 Å². The van der Waals surface area contributed by atoms with Crippen molar-refractivity contribution >= 4 is 15.7 Å². The van der Waals surface area contributed by atoms with Crippen LogP contribution in [0, 0.1) is 0 Å². The fourth-order valence-electron chi connectivity index (χ4n) is 2.00. The summed E-state index contributed by atoms with van der Waals surface area (Å²) in [6.45, 7) is 2.18. The number of furan rings is 1. The van der Waals surface area contributed by atoms with Crippen molar-refractivity contribution in [3.8, 4) is 0 Å². The highest BCUT2D eigenvalue weighted by molar-refractivity contribution is 7.89. The van der Waals surface area contributed by atoms with Crippen molar-refractivity contribution in [2.24, 2.45) is 0 Å². The second-order valence-electron chi connectivity index (χ2n) is 4.61. The molecule has 0 amide bonds. The molecule has 2 N–H and O–H groups in total. The summed E-state index contributed by atoms with van der Waals surface area (Å²) in [5, 5.41) is 0. The minimum absolute atomic E-state index is 0.261. The third-order valence-corrected chi connectivity index (χ3v) is 5.03. The highest BCUT2D eigenvalue weighted by Gasteiger charge is 2.24. The van der Waals surface area contributed by atoms with Gasteiger partial charge in [-0.15, -0.1) is 0 Å². The molecule has 0 aliphatic heterocycles. The zero-order valence-electron chi connectivity index (χ0n) is 11.5. The van der Waals surface area contributed by atoms with Crippen LogP contribution >= 0.6 is 0 Å². The van der Waals surface area contributed by atoms with Gasteiger partial charge in [-0.3, -0.25) is 0 Å². The Hall–Kier alpha value is -1.79. The molecular weight excluding hydrogens is 276 g/mol. The molecule has 0 aliphatic rings. The van der Waals surface area contributed by atoms with Crippen LogP contribution in [0.3, 0.4) is 0 Å². The third-order valence-electron chi connectivity index (χ3n) is 3.15. The molecule has 0 saturated heterocycles. The predicted octanol–water partition coefficient (Wildman–Crippen LogP) is 2.24. The molecule has 1 heterocycles. The minimum atomic E-state index is -3.57. The molecule has 1 aromatic heterocycles. The fraction of sp³-hybridized carbons (Fsp3) is 0.286. The van der Waals surface area contributed by atoms with Crippen molar-refractivity contribution in [2.45, 2.75) is 24.8 Å². The average Bonchev–Trinajstić information content (AvgIpc) is 2.91. The van der Waals surface area contributed by atoms with E-state index < -0.39 is 10.0 Å². The van der Waals surface area contributed by atoms with Crippen LogP contribution in [0.5, 0.6) is 0 Å². The van der Waals surface area contributed by atoms with Gasteiger partial charge in [0, 0.05) is 24.8 Å². The number of hydrogen-bond donors (Lipinski definition) is 1. The van der Waals surface area contributed by atoms with E-state index in [2.05, 4.69) is 0 Å². The zero-order chi connectivity index (χ0) is 14.8. The summed E-state index contributed by atoms with van der Waals surface area (Å²) in [5.74, 6) is 0. The topological polar surface area (TPSA) is 76.5 Å². The number of anilines is 1. The van der Waals surface area contributed by atoms with Gasteiger partial charge in [0.05, 0.1) is 17.4 Å². The van der Waals surface area contributed by atoms with Gasteiger partial charge in [0.15, 0.2) is 0 Å². The van der Waals surface area contributed by atoms with Crippen molar-refractivity contribution < 1.29 is 12.8 Å². The van der Waals surface area contributed by atoms with Crippen molar-refractivity contribution in [1.82, 2.24) is 4.31 Å². The van der Waals surface area contributed by atoms with Crippen molar-refractivity contribution in [3.63, 3.8) is 0 Å². The molecule has 0 unspecified atom stereocenters. The van der Waals surface area contributed by atoms with E-state index in [1.54, 1.807) is 25.2 Å². The van der Waals surface area contributed by atoms with Gasteiger partial charge in [-0.1, -0.05) is 13.0 Å². The molecular formula is C14H18N2O3S. The van der Waals surface area contributed by atoms with E-state index in [0.717, 1.165) is 11.1 Å². The van der Waals surface area contributed by atoms with Gasteiger partial charge in [-0.25, -0.2) is 8.42 Å². The summed E-state index contributed by atoms with van der Waals surface area (Å²) in [6.07, 6.45) is 3.69. The van der Waals surface area contributed by atoms with E-state index in [9.17, 15) is 8.42 Å². The van der Waals surface area contributed by atoms with Gasteiger partial charge < -0.3 is 10.2 Å². The summed E-state index contributed by atoms with van der Waals surface area (Å²) in [5.41, 5.74) is 7.73. The third kappa shape index (κ3) is 2.86. The van der Waals surface area contributed by atoms with E-state index in [4.69, 9.17) is 10.2 Å². The lowest BCUT2D eigenvalue weighted by molar-refractivity contribution is 0.462. The molecule has 1 aromatic carbocycles. The predicted molar refractivity (Wildman–Crippen MR) is 77.6 cm³/mol. The lowest BCUT2D eigenvalue weighted by atomic mass is 10.1. The molecule has 0 radical (unpaired) electrons. The summed E-state index contributed by atoms with van der Waals surface area (Å²) in [4.78, 5) is 0.269. The van der Waals surface area contributed by atoms with Crippen LogP contribution in [-0.2, 0) is 23.0 Å². The maximum Gasteiger partial charge on any atom is 0.243 e. The van der Waals surface area contributed by atoms with Gasteiger partial charge in [0.25, 0.3) is 0 Å². The first-order valence-corrected chi connectivity index (χ1v) is 7.75. The van der Waals surface area contributed by atoms with Gasteiger partial charge in [-0.05, 0) is 30.2 Å². The lowest BCUT2D eigenvalue weighted by Gasteiger charge is -2.18. The molecule has 20 heavy (non-hydrogen) atoms. The summed E-state index contributed by atoms with van der Waals surface area (Å²) < 4.78 is 31.5. The Morgan fingerprint density at radius 1 is 1.30 bits per heavy atom. The molecule has 2 aromatic rings. The Morgan fingerprint density at radius 2 is 2.05 bits per heavy atom. The molecule has 108 valence electrons. The molecule has 0 aliphatic carbocycles. The van der Waals surface area contributed by atoms with Gasteiger partial charge in [-0.2, -0.15) is 4.31 Å². The highest BCUT2D eigenvalue weighted by Crippen LogP contribution is 2.23. The fourth-order valence-corrected chi connectivity index (χ4v) is 3.48. The average molecular weight is 294 g/mol. The largest absolute Gasteiger partial charge is 0.472 e. The Bertz CT molecular complexity index is 678. The molecule has 0 saturated carbocycles. The second kappa shape index (κ2) is 5.68. The van der Waals surface area contributed by atoms with Crippen LogP contribution in [0.2, 0.25) is 0 Å². The number of aryl methyl sites for hydroxylation is 1. The first-order chi connectivity index (χ1) is 9.45. The Balaban J connectivity index is 2.36. The number of nitrogen functional groups attached to an aromatic ring is 1. The lowest BCUT2D eigenvalue weighted by Crippen LogP contribution is -2.27. The van der Waals surface area contributed by atoms with Crippen molar-refractivity contribution in [2.75, 3.05) is 12.8 Å². The van der Waals surface area contributed by atoms with E-state index in [-0.39, 0.29) is 11.4 Å². The Morgan fingerprint density at radius 3 is 2.65 bits per heavy atom. The summed E-state index contributed by atoms with van der Waals surface area (Å²) >= 11 is 0. The first-order valence-electron chi connectivity index (χ1n) is 6.31. The summed E-state index contributed by atoms with van der Waals surface area (Å²) in [7, 11) is -2.02. The SMILES string of the molecule is CCc1ccc(N)cc1S(=O)(=O)N(C)Cc1ccoc1. The number of rotatable bonds is 5. The number of sulfonamides is 1. The monoisotopic (exact) mass is 294 g/mol. The Labute approximate surface area is 119 Å². The van der Waals surface area contributed by atoms with Gasteiger partial charge >= 0.3 is 0 Å².